The molecule has 30 heavy (non-hydrogen) atoms. The number of nitrogens with zero attached hydrogens (tertiary/aromatic N) is 3. The van der Waals surface area contributed by atoms with E-state index < -0.39 is 28.9 Å². The molecular weight excluding hydrogens is 423 g/mol. The van der Waals surface area contributed by atoms with Crippen LogP contribution in [0.2, 0.25) is 0 Å². The number of hydrogen-bond donors (Lipinski definition) is 2. The fourth-order valence-electron chi connectivity index (χ4n) is 2.68. The number of alkyl halides is 3. The summed E-state index contributed by atoms with van der Waals surface area (Å²) in [4.78, 5) is 44.1. The predicted octanol–water partition coefficient (Wildman–Crippen LogP) is 2.48. The van der Waals surface area contributed by atoms with Crippen LogP contribution in [0.4, 0.5) is 24.7 Å². The molecule has 2 rings (SSSR count). The van der Waals surface area contributed by atoms with E-state index in [2.05, 4.69) is 9.97 Å². The average Bonchev–Trinajstić information content (AvgIpc) is 2.68. The number of H-pyrrole nitrogens is 1. The van der Waals surface area contributed by atoms with Gasteiger partial charge in [-0.05, 0) is 25.5 Å². The van der Waals surface area contributed by atoms with Crippen LogP contribution in [0.1, 0.15) is 32.3 Å². The van der Waals surface area contributed by atoms with Crippen LogP contribution >= 0.6 is 11.8 Å². The number of anilines is 2. The SMILES string of the molecule is CCCCn1c(N)c(N(CC)C(=O)CSc2ccc(C(F)(F)F)cn2)c(=O)[nH]c1=O. The molecule has 0 aliphatic carbocycles. The minimum Gasteiger partial charge on any atom is -0.383 e. The number of pyridine rings is 1. The van der Waals surface area contributed by atoms with E-state index in [0.717, 1.165) is 29.1 Å². The van der Waals surface area contributed by atoms with Gasteiger partial charge in [0.1, 0.15) is 5.82 Å². The van der Waals surface area contributed by atoms with Gasteiger partial charge in [0.05, 0.1) is 16.3 Å². The number of hydrogen-bond acceptors (Lipinski definition) is 6. The lowest BCUT2D eigenvalue weighted by Gasteiger charge is -2.23. The summed E-state index contributed by atoms with van der Waals surface area (Å²) >= 11 is 0.928. The Labute approximate surface area is 174 Å². The van der Waals surface area contributed by atoms with Gasteiger partial charge in [-0.25, -0.2) is 9.78 Å². The molecule has 0 aliphatic heterocycles. The lowest BCUT2D eigenvalue weighted by Crippen LogP contribution is -2.41. The Balaban J connectivity index is 2.22. The minimum absolute atomic E-state index is 0.106. The second-order valence-electron chi connectivity index (χ2n) is 6.31. The molecule has 0 unspecified atom stereocenters. The Morgan fingerprint density at radius 1 is 1.30 bits per heavy atom. The zero-order valence-corrected chi connectivity index (χ0v) is 17.3. The molecule has 0 fully saturated rings. The van der Waals surface area contributed by atoms with Crippen LogP contribution in [0.5, 0.6) is 0 Å². The van der Waals surface area contributed by atoms with E-state index in [4.69, 9.17) is 5.73 Å². The van der Waals surface area contributed by atoms with Gasteiger partial charge in [0.25, 0.3) is 5.56 Å². The van der Waals surface area contributed by atoms with Crippen molar-refractivity contribution >= 4 is 29.2 Å². The molecule has 164 valence electrons. The Hall–Kier alpha value is -2.76. The molecule has 3 N–H and O–H groups in total. The van der Waals surface area contributed by atoms with Gasteiger partial charge in [-0.15, -0.1) is 0 Å². The molecule has 0 spiro atoms. The Morgan fingerprint density at radius 2 is 2.00 bits per heavy atom. The zero-order valence-electron chi connectivity index (χ0n) is 16.5. The Morgan fingerprint density at radius 3 is 2.53 bits per heavy atom. The molecule has 0 bridgehead atoms. The van der Waals surface area contributed by atoms with Crippen molar-refractivity contribution in [3.8, 4) is 0 Å². The van der Waals surface area contributed by atoms with Gasteiger partial charge in [0.2, 0.25) is 5.91 Å². The summed E-state index contributed by atoms with van der Waals surface area (Å²) in [5, 5.41) is 0.224. The van der Waals surface area contributed by atoms with Gasteiger partial charge in [-0.3, -0.25) is 19.1 Å². The van der Waals surface area contributed by atoms with Gasteiger partial charge >= 0.3 is 11.9 Å². The summed E-state index contributed by atoms with van der Waals surface area (Å²) in [5.41, 5.74) is 3.58. The van der Waals surface area contributed by atoms with E-state index in [1.165, 1.54) is 10.6 Å². The van der Waals surface area contributed by atoms with Gasteiger partial charge in [0, 0.05) is 19.3 Å². The highest BCUT2D eigenvalue weighted by Crippen LogP contribution is 2.29. The van der Waals surface area contributed by atoms with E-state index in [-0.39, 0.29) is 28.8 Å². The van der Waals surface area contributed by atoms with Crippen LogP contribution in [0.15, 0.2) is 32.9 Å². The van der Waals surface area contributed by atoms with Crippen molar-refractivity contribution in [2.75, 3.05) is 22.9 Å². The molecule has 12 heteroatoms. The molecule has 1 amide bonds. The summed E-state index contributed by atoms with van der Waals surface area (Å²) < 4.78 is 39.0. The number of halogens is 3. The first-order chi connectivity index (χ1) is 14.1. The molecular formula is C18H22F3N5O3S. The third-order valence-corrected chi connectivity index (χ3v) is 5.17. The van der Waals surface area contributed by atoms with Crippen LogP contribution in [0, 0.1) is 0 Å². The summed E-state index contributed by atoms with van der Waals surface area (Å²) in [7, 11) is 0. The summed E-state index contributed by atoms with van der Waals surface area (Å²) in [6, 6.07) is 2.05. The topological polar surface area (TPSA) is 114 Å². The molecule has 2 aromatic heterocycles. The molecule has 0 saturated carbocycles. The number of nitrogens with two attached hydrogens (primary N) is 1. The predicted molar refractivity (Wildman–Crippen MR) is 109 cm³/mol. The minimum atomic E-state index is -4.50. The van der Waals surface area contributed by atoms with E-state index in [1.54, 1.807) is 6.92 Å². The lowest BCUT2D eigenvalue weighted by molar-refractivity contribution is -0.137. The van der Waals surface area contributed by atoms with Crippen molar-refractivity contribution in [1.29, 1.82) is 0 Å². The van der Waals surface area contributed by atoms with E-state index >= 15 is 0 Å². The molecule has 0 atom stereocenters. The van der Waals surface area contributed by atoms with Crippen LogP contribution < -0.4 is 21.9 Å². The molecule has 2 heterocycles. The number of carbonyl (C=O) groups excluding carboxylic acids is 1. The molecule has 0 radical (unpaired) electrons. The van der Waals surface area contributed by atoms with Crippen LogP contribution in [0.3, 0.4) is 0 Å². The van der Waals surface area contributed by atoms with Gasteiger partial charge in [0.15, 0.2) is 5.69 Å². The van der Waals surface area contributed by atoms with Crippen LogP contribution in [0.25, 0.3) is 0 Å². The molecule has 2 aromatic rings. The van der Waals surface area contributed by atoms with E-state index in [9.17, 15) is 27.6 Å². The molecule has 8 nitrogen and oxygen atoms in total. The van der Waals surface area contributed by atoms with Crippen molar-refractivity contribution in [2.24, 2.45) is 0 Å². The number of carbonyl (C=O) groups is 1. The van der Waals surface area contributed by atoms with Gasteiger partial charge < -0.3 is 10.6 Å². The number of amides is 1. The second kappa shape index (κ2) is 9.83. The normalized spacial score (nSPS) is 11.5. The Bertz CT molecular complexity index is 1000. The number of nitrogens with one attached hydrogen (secondary N) is 1. The number of thioether (sulfide) groups is 1. The largest absolute Gasteiger partial charge is 0.417 e. The number of unbranched alkanes of at least 4 members (excludes halogenated alkanes) is 1. The number of aromatic amines is 1. The maximum absolute atomic E-state index is 12.7. The Kier molecular flexibility index (Phi) is 7.71. The highest BCUT2D eigenvalue weighted by Gasteiger charge is 2.30. The standard InChI is InChI=1S/C18H22F3N5O3S/c1-3-5-8-26-15(22)14(16(28)24-17(26)29)25(4-2)13(27)10-30-12-7-6-11(9-23-12)18(19,20)21/h6-7,9H,3-5,8,10,22H2,1-2H3,(H,24,28,29). The van der Waals surface area contributed by atoms with Crippen molar-refractivity contribution in [2.45, 2.75) is 44.4 Å². The fraction of sp³-hybridized carbons (Fsp3) is 0.444. The van der Waals surface area contributed by atoms with Crippen molar-refractivity contribution in [1.82, 2.24) is 14.5 Å². The average molecular weight is 445 g/mol. The molecule has 0 aromatic carbocycles. The first-order valence-corrected chi connectivity index (χ1v) is 10.2. The summed E-state index contributed by atoms with van der Waals surface area (Å²) in [6.07, 6.45) is -2.35. The highest BCUT2D eigenvalue weighted by molar-refractivity contribution is 7.99. The monoisotopic (exact) mass is 445 g/mol. The summed E-state index contributed by atoms with van der Waals surface area (Å²) in [6.45, 7) is 3.97. The third kappa shape index (κ3) is 5.43. The third-order valence-electron chi connectivity index (χ3n) is 4.24. The van der Waals surface area contributed by atoms with Gasteiger partial charge in [-0.2, -0.15) is 13.2 Å². The van der Waals surface area contributed by atoms with Crippen LogP contribution in [-0.4, -0.2) is 32.7 Å². The van der Waals surface area contributed by atoms with Crippen LogP contribution in [-0.2, 0) is 17.5 Å². The lowest BCUT2D eigenvalue weighted by atomic mass is 10.3. The first-order valence-electron chi connectivity index (χ1n) is 9.19. The summed E-state index contributed by atoms with van der Waals surface area (Å²) in [5.74, 6) is -0.786. The molecule has 0 aliphatic rings. The van der Waals surface area contributed by atoms with Gasteiger partial charge in [-0.1, -0.05) is 25.1 Å². The first kappa shape index (κ1) is 23.5. The van der Waals surface area contributed by atoms with Crippen molar-refractivity contribution < 1.29 is 18.0 Å². The van der Waals surface area contributed by atoms with E-state index in [0.29, 0.717) is 19.2 Å². The fourth-order valence-corrected chi connectivity index (χ4v) is 3.40. The second-order valence-corrected chi connectivity index (χ2v) is 7.30. The van der Waals surface area contributed by atoms with Crippen molar-refractivity contribution in [3.63, 3.8) is 0 Å². The maximum Gasteiger partial charge on any atom is 0.417 e. The number of aromatic nitrogens is 3. The molecule has 0 saturated heterocycles. The number of rotatable bonds is 8. The highest BCUT2D eigenvalue weighted by atomic mass is 32.2. The maximum atomic E-state index is 12.7. The van der Waals surface area contributed by atoms with E-state index in [1.807, 2.05) is 6.92 Å². The quantitative estimate of drug-likeness (QED) is 0.604. The number of nitrogen functional groups attached to an aromatic ring is 1. The van der Waals surface area contributed by atoms with Crippen molar-refractivity contribution in [3.05, 3.63) is 44.7 Å². The zero-order chi connectivity index (χ0) is 22.5. The smallest absolute Gasteiger partial charge is 0.383 e.